The van der Waals surface area contributed by atoms with Crippen molar-refractivity contribution in [3.63, 3.8) is 0 Å². The van der Waals surface area contributed by atoms with E-state index in [0.717, 1.165) is 37.9 Å². The van der Waals surface area contributed by atoms with Gasteiger partial charge < -0.3 is 15.7 Å². The fourth-order valence-electron chi connectivity index (χ4n) is 3.01. The zero-order valence-electron chi connectivity index (χ0n) is 11.5. The van der Waals surface area contributed by atoms with Crippen molar-refractivity contribution in [1.82, 2.24) is 0 Å². The fraction of sp³-hybridized carbons (Fsp3) is 0.600. The molecular weight excluding hydrogens is 243 g/mol. The molecule has 3 nitrogen and oxygen atoms in total. The van der Waals surface area contributed by atoms with Gasteiger partial charge in [0.25, 0.3) is 0 Å². The van der Waals surface area contributed by atoms with Crippen LogP contribution in [0.15, 0.2) is 18.2 Å². The van der Waals surface area contributed by atoms with E-state index in [1.807, 2.05) is 13.0 Å². The number of hydrogen-bond acceptors (Lipinski definition) is 3. The second kappa shape index (κ2) is 6.35. The van der Waals surface area contributed by atoms with Crippen molar-refractivity contribution in [2.75, 3.05) is 18.1 Å². The Labute approximate surface area is 114 Å². The minimum absolute atomic E-state index is 0.216. The van der Waals surface area contributed by atoms with Crippen LogP contribution in [0.5, 0.6) is 0 Å². The molecule has 0 aromatic heterocycles. The lowest BCUT2D eigenvalue weighted by Crippen LogP contribution is -2.31. The number of nitrogens with zero attached hydrogens (tertiary/aromatic N) is 1. The van der Waals surface area contributed by atoms with Crippen LogP contribution in [-0.2, 0) is 0 Å². The van der Waals surface area contributed by atoms with E-state index in [-0.39, 0.29) is 18.5 Å². The standard InChI is InChI=1S/C15H23FN2O/c1-11(17)15-13(16)7-2-8-14(15)18-9-3-5-12(18)6-4-10-19/h2,7-8,11-12,19H,3-6,9-10,17H2,1H3/t11-,12?/m0/s1. The lowest BCUT2D eigenvalue weighted by Gasteiger charge is -2.30. The molecule has 4 heteroatoms. The Bertz CT molecular complexity index is 423. The summed E-state index contributed by atoms with van der Waals surface area (Å²) in [6.45, 7) is 2.98. The van der Waals surface area contributed by atoms with Crippen molar-refractivity contribution in [2.24, 2.45) is 5.73 Å². The summed E-state index contributed by atoms with van der Waals surface area (Å²) < 4.78 is 14.0. The van der Waals surface area contributed by atoms with E-state index >= 15 is 0 Å². The number of aliphatic hydroxyl groups excluding tert-OH is 1. The van der Waals surface area contributed by atoms with Gasteiger partial charge in [0.2, 0.25) is 0 Å². The van der Waals surface area contributed by atoms with E-state index in [4.69, 9.17) is 10.8 Å². The highest BCUT2D eigenvalue weighted by atomic mass is 19.1. The first-order valence-corrected chi connectivity index (χ1v) is 7.06. The molecule has 2 rings (SSSR count). The molecule has 0 spiro atoms. The second-order valence-corrected chi connectivity index (χ2v) is 5.32. The van der Waals surface area contributed by atoms with Crippen LogP contribution in [0.3, 0.4) is 0 Å². The zero-order valence-corrected chi connectivity index (χ0v) is 11.5. The molecule has 0 bridgehead atoms. The smallest absolute Gasteiger partial charge is 0.130 e. The summed E-state index contributed by atoms with van der Waals surface area (Å²) in [4.78, 5) is 2.26. The van der Waals surface area contributed by atoms with E-state index in [1.165, 1.54) is 6.07 Å². The zero-order chi connectivity index (χ0) is 13.8. The lowest BCUT2D eigenvalue weighted by molar-refractivity contribution is 0.279. The first kappa shape index (κ1) is 14.3. The Hall–Kier alpha value is -1.13. The summed E-state index contributed by atoms with van der Waals surface area (Å²) in [5, 5.41) is 8.97. The van der Waals surface area contributed by atoms with Crippen LogP contribution in [-0.4, -0.2) is 24.3 Å². The quantitative estimate of drug-likeness (QED) is 0.861. The number of anilines is 1. The SMILES string of the molecule is C[C@H](N)c1c(F)cccc1N1CCCC1CCCO. The molecule has 0 aliphatic carbocycles. The molecule has 0 radical (unpaired) electrons. The lowest BCUT2D eigenvalue weighted by atomic mass is 10.0. The molecular formula is C15H23FN2O. The highest BCUT2D eigenvalue weighted by Crippen LogP contribution is 2.34. The van der Waals surface area contributed by atoms with Gasteiger partial charge in [0.15, 0.2) is 0 Å². The average molecular weight is 266 g/mol. The van der Waals surface area contributed by atoms with Crippen LogP contribution in [0.1, 0.15) is 44.2 Å². The van der Waals surface area contributed by atoms with Crippen molar-refractivity contribution in [1.29, 1.82) is 0 Å². The molecule has 1 heterocycles. The van der Waals surface area contributed by atoms with E-state index in [9.17, 15) is 4.39 Å². The first-order valence-electron chi connectivity index (χ1n) is 7.06. The van der Waals surface area contributed by atoms with Crippen LogP contribution in [0, 0.1) is 5.82 Å². The summed E-state index contributed by atoms with van der Waals surface area (Å²) in [6.07, 6.45) is 3.97. The summed E-state index contributed by atoms with van der Waals surface area (Å²) in [6, 6.07) is 5.26. The van der Waals surface area contributed by atoms with Gasteiger partial charge in [-0.3, -0.25) is 0 Å². The van der Waals surface area contributed by atoms with Gasteiger partial charge in [0, 0.05) is 36.5 Å². The number of hydrogen-bond donors (Lipinski definition) is 2. The highest BCUT2D eigenvalue weighted by Gasteiger charge is 2.27. The summed E-state index contributed by atoms with van der Waals surface area (Å²) in [5.74, 6) is -0.222. The number of aliphatic hydroxyl groups is 1. The molecule has 1 unspecified atom stereocenters. The van der Waals surface area contributed by atoms with Crippen LogP contribution in [0.25, 0.3) is 0 Å². The molecule has 1 aliphatic heterocycles. The molecule has 1 aliphatic rings. The number of nitrogens with two attached hydrogens (primary N) is 1. The van der Waals surface area contributed by atoms with Gasteiger partial charge >= 0.3 is 0 Å². The summed E-state index contributed by atoms with van der Waals surface area (Å²) in [7, 11) is 0. The van der Waals surface area contributed by atoms with Crippen LogP contribution >= 0.6 is 0 Å². The maximum absolute atomic E-state index is 14.0. The molecule has 1 aromatic carbocycles. The molecule has 0 saturated carbocycles. The molecule has 1 aromatic rings. The normalized spacial score (nSPS) is 20.8. The second-order valence-electron chi connectivity index (χ2n) is 5.32. The molecule has 2 atom stereocenters. The van der Waals surface area contributed by atoms with Gasteiger partial charge in [-0.2, -0.15) is 0 Å². The average Bonchev–Trinajstić information content (AvgIpc) is 2.83. The minimum atomic E-state index is -0.310. The minimum Gasteiger partial charge on any atom is -0.396 e. The third-order valence-corrected chi connectivity index (χ3v) is 3.87. The third kappa shape index (κ3) is 3.07. The molecule has 3 N–H and O–H groups in total. The largest absolute Gasteiger partial charge is 0.396 e. The Kier molecular flexibility index (Phi) is 4.77. The van der Waals surface area contributed by atoms with Gasteiger partial charge in [-0.05, 0) is 44.7 Å². The van der Waals surface area contributed by atoms with E-state index in [2.05, 4.69) is 4.90 Å². The maximum atomic E-state index is 14.0. The van der Waals surface area contributed by atoms with E-state index in [0.29, 0.717) is 11.6 Å². The molecule has 1 fully saturated rings. The maximum Gasteiger partial charge on any atom is 0.130 e. The van der Waals surface area contributed by atoms with Gasteiger partial charge in [0.1, 0.15) is 5.82 Å². The van der Waals surface area contributed by atoms with Gasteiger partial charge in [0.05, 0.1) is 0 Å². The number of benzene rings is 1. The van der Waals surface area contributed by atoms with Crippen molar-refractivity contribution < 1.29 is 9.50 Å². The van der Waals surface area contributed by atoms with Crippen LogP contribution < -0.4 is 10.6 Å². The fourth-order valence-corrected chi connectivity index (χ4v) is 3.01. The van der Waals surface area contributed by atoms with Crippen molar-refractivity contribution in [2.45, 2.75) is 44.7 Å². The number of halogens is 1. The van der Waals surface area contributed by atoms with Gasteiger partial charge in [-0.25, -0.2) is 4.39 Å². The van der Waals surface area contributed by atoms with Gasteiger partial charge in [-0.15, -0.1) is 0 Å². The van der Waals surface area contributed by atoms with E-state index in [1.54, 1.807) is 6.07 Å². The number of rotatable bonds is 5. The Balaban J connectivity index is 2.27. The Morgan fingerprint density at radius 2 is 2.32 bits per heavy atom. The molecule has 106 valence electrons. The topological polar surface area (TPSA) is 49.5 Å². The summed E-state index contributed by atoms with van der Waals surface area (Å²) in [5.41, 5.74) is 7.46. The Morgan fingerprint density at radius 3 is 3.00 bits per heavy atom. The molecule has 0 amide bonds. The Morgan fingerprint density at radius 1 is 1.53 bits per heavy atom. The first-order chi connectivity index (χ1) is 9.15. The summed E-state index contributed by atoms with van der Waals surface area (Å²) >= 11 is 0. The van der Waals surface area contributed by atoms with Crippen molar-refractivity contribution >= 4 is 5.69 Å². The van der Waals surface area contributed by atoms with Crippen LogP contribution in [0.4, 0.5) is 10.1 Å². The molecule has 19 heavy (non-hydrogen) atoms. The predicted octanol–water partition coefficient (Wildman–Crippen LogP) is 2.59. The third-order valence-electron chi connectivity index (χ3n) is 3.87. The molecule has 1 saturated heterocycles. The van der Waals surface area contributed by atoms with Gasteiger partial charge in [-0.1, -0.05) is 6.07 Å². The van der Waals surface area contributed by atoms with Crippen molar-refractivity contribution in [3.05, 3.63) is 29.6 Å². The monoisotopic (exact) mass is 266 g/mol. The van der Waals surface area contributed by atoms with Crippen molar-refractivity contribution in [3.8, 4) is 0 Å². The van der Waals surface area contributed by atoms with Crippen LogP contribution in [0.2, 0.25) is 0 Å². The van der Waals surface area contributed by atoms with E-state index < -0.39 is 0 Å². The predicted molar refractivity (Wildman–Crippen MR) is 75.7 cm³/mol. The highest BCUT2D eigenvalue weighted by molar-refractivity contribution is 5.57.